The number of imidazole rings is 1. The van der Waals surface area contributed by atoms with Gasteiger partial charge in [0.25, 0.3) is 0 Å². The van der Waals surface area contributed by atoms with Crippen LogP contribution in [0.5, 0.6) is 0 Å². The maximum absolute atomic E-state index is 13.1. The first kappa shape index (κ1) is 24.4. The second-order valence-corrected chi connectivity index (χ2v) is 9.17. The van der Waals surface area contributed by atoms with E-state index in [0.29, 0.717) is 16.9 Å². The quantitative estimate of drug-likeness (QED) is 0.358. The molecule has 1 heterocycles. The van der Waals surface area contributed by atoms with E-state index in [2.05, 4.69) is 4.98 Å². The molecule has 0 aliphatic heterocycles. The number of nitriles is 1. The van der Waals surface area contributed by atoms with Crippen molar-refractivity contribution >= 4 is 32.4 Å². The summed E-state index contributed by atoms with van der Waals surface area (Å²) >= 11 is 0. The molecule has 0 saturated carbocycles. The van der Waals surface area contributed by atoms with Crippen molar-refractivity contribution in [1.29, 1.82) is 5.26 Å². The molecule has 0 aliphatic rings. The van der Waals surface area contributed by atoms with Crippen LogP contribution in [-0.4, -0.2) is 67.9 Å². The number of para-hydroxylation sites is 2. The number of aliphatic hydroxyl groups is 1. The van der Waals surface area contributed by atoms with E-state index >= 15 is 0 Å². The van der Waals surface area contributed by atoms with Crippen molar-refractivity contribution in [2.45, 2.75) is 4.90 Å². The van der Waals surface area contributed by atoms with Crippen LogP contribution in [0.1, 0.15) is 11.4 Å². The number of sulfonamides is 1. The van der Waals surface area contributed by atoms with Gasteiger partial charge in [-0.15, -0.1) is 0 Å². The SMILES string of the molecule is COCCN(CCOC)S(=O)(=O)c1ccc(/C(O)=C(/C#N)c2nc3ccccc3n2C)cc1. The minimum atomic E-state index is -3.80. The molecule has 0 fully saturated rings. The van der Waals surface area contributed by atoms with E-state index in [9.17, 15) is 18.8 Å². The molecule has 1 aromatic heterocycles. The standard InChI is InChI=1S/C23H26N4O5S/c1-26-21-7-5-4-6-20(21)25-23(26)19(16-24)22(28)17-8-10-18(11-9-17)33(29,30)27(12-14-31-2)13-15-32-3/h4-11,28H,12-15H2,1-3H3/b22-19+. The van der Waals surface area contributed by atoms with E-state index in [1.807, 2.05) is 30.3 Å². The molecule has 0 atom stereocenters. The van der Waals surface area contributed by atoms with Crippen molar-refractivity contribution in [2.24, 2.45) is 7.05 Å². The van der Waals surface area contributed by atoms with Crippen LogP contribution in [0, 0.1) is 11.3 Å². The number of fused-ring (bicyclic) bond motifs is 1. The maximum atomic E-state index is 13.1. The zero-order chi connectivity index (χ0) is 24.0. The molecule has 174 valence electrons. The van der Waals surface area contributed by atoms with Gasteiger partial charge in [-0.2, -0.15) is 9.57 Å². The largest absolute Gasteiger partial charge is 0.506 e. The second kappa shape index (κ2) is 10.6. The van der Waals surface area contributed by atoms with Crippen LogP contribution in [-0.2, 0) is 26.5 Å². The fourth-order valence-electron chi connectivity index (χ4n) is 3.39. The number of methoxy groups -OCH3 is 2. The van der Waals surface area contributed by atoms with Crippen molar-refractivity contribution in [1.82, 2.24) is 13.9 Å². The minimum absolute atomic E-state index is 0.00822. The Morgan fingerprint density at radius 2 is 1.70 bits per heavy atom. The van der Waals surface area contributed by atoms with Gasteiger partial charge in [0.2, 0.25) is 10.0 Å². The fraction of sp³-hybridized carbons (Fsp3) is 0.304. The van der Waals surface area contributed by atoms with Crippen molar-refractivity contribution in [2.75, 3.05) is 40.5 Å². The summed E-state index contributed by atoms with van der Waals surface area (Å²) in [6.45, 7) is 0.850. The number of aryl methyl sites for hydroxylation is 1. The summed E-state index contributed by atoms with van der Waals surface area (Å²) in [5.41, 5.74) is 1.81. The van der Waals surface area contributed by atoms with Crippen molar-refractivity contribution in [3.8, 4) is 6.07 Å². The van der Waals surface area contributed by atoms with Gasteiger partial charge in [-0.05, 0) is 36.4 Å². The summed E-state index contributed by atoms with van der Waals surface area (Å²) < 4.78 is 39.2. The Bertz CT molecular complexity index is 1280. The predicted molar refractivity (Wildman–Crippen MR) is 125 cm³/mol. The number of rotatable bonds is 10. The molecule has 0 unspecified atom stereocenters. The van der Waals surface area contributed by atoms with Crippen LogP contribution >= 0.6 is 0 Å². The third-order valence-electron chi connectivity index (χ3n) is 5.21. The fourth-order valence-corrected chi connectivity index (χ4v) is 4.80. The molecule has 0 radical (unpaired) electrons. The van der Waals surface area contributed by atoms with Gasteiger partial charge in [-0.1, -0.05) is 12.1 Å². The zero-order valence-corrected chi connectivity index (χ0v) is 19.5. The number of aromatic nitrogens is 2. The molecule has 0 amide bonds. The van der Waals surface area contributed by atoms with Gasteiger partial charge in [-0.3, -0.25) is 0 Å². The summed E-state index contributed by atoms with van der Waals surface area (Å²) in [4.78, 5) is 4.53. The van der Waals surface area contributed by atoms with Crippen molar-refractivity contribution in [3.63, 3.8) is 0 Å². The van der Waals surface area contributed by atoms with Gasteiger partial charge in [0, 0.05) is 39.9 Å². The molecule has 0 saturated heterocycles. The third-order valence-corrected chi connectivity index (χ3v) is 7.13. The highest BCUT2D eigenvalue weighted by molar-refractivity contribution is 7.89. The van der Waals surface area contributed by atoms with Gasteiger partial charge < -0.3 is 19.1 Å². The lowest BCUT2D eigenvalue weighted by Crippen LogP contribution is -2.36. The first-order chi connectivity index (χ1) is 15.8. The van der Waals surface area contributed by atoms with Gasteiger partial charge in [-0.25, -0.2) is 13.4 Å². The predicted octanol–water partition coefficient (Wildman–Crippen LogP) is 2.81. The average Bonchev–Trinajstić information content (AvgIpc) is 3.16. The Morgan fingerprint density at radius 1 is 1.09 bits per heavy atom. The molecule has 10 heteroatoms. The van der Waals surface area contributed by atoms with Crippen LogP contribution in [0.4, 0.5) is 0 Å². The number of hydrogen-bond acceptors (Lipinski definition) is 7. The van der Waals surface area contributed by atoms with Crippen LogP contribution in [0.25, 0.3) is 22.4 Å². The molecule has 9 nitrogen and oxygen atoms in total. The smallest absolute Gasteiger partial charge is 0.243 e. The summed E-state index contributed by atoms with van der Waals surface area (Å²) in [7, 11) is 0.972. The highest BCUT2D eigenvalue weighted by atomic mass is 32.2. The topological polar surface area (TPSA) is 118 Å². The third kappa shape index (κ3) is 5.07. The van der Waals surface area contributed by atoms with Gasteiger partial charge >= 0.3 is 0 Å². The number of nitrogens with zero attached hydrogens (tertiary/aromatic N) is 4. The molecule has 0 aliphatic carbocycles. The number of benzene rings is 2. The van der Waals surface area contributed by atoms with Gasteiger partial charge in [0.05, 0.1) is 29.1 Å². The second-order valence-electron chi connectivity index (χ2n) is 7.23. The summed E-state index contributed by atoms with van der Waals surface area (Å²) in [5.74, 6) is 0.0358. The Balaban J connectivity index is 1.96. The van der Waals surface area contributed by atoms with Crippen LogP contribution in [0.3, 0.4) is 0 Å². The minimum Gasteiger partial charge on any atom is -0.506 e. The lowest BCUT2D eigenvalue weighted by atomic mass is 10.1. The Morgan fingerprint density at radius 3 is 2.24 bits per heavy atom. The molecule has 0 bridgehead atoms. The van der Waals surface area contributed by atoms with Crippen LogP contribution in [0.2, 0.25) is 0 Å². The molecule has 0 spiro atoms. The van der Waals surface area contributed by atoms with Gasteiger partial charge in [0.15, 0.2) is 5.82 Å². The maximum Gasteiger partial charge on any atom is 0.243 e. The summed E-state index contributed by atoms with van der Waals surface area (Å²) in [5, 5.41) is 20.6. The van der Waals surface area contributed by atoms with Crippen molar-refractivity contribution in [3.05, 3.63) is 59.9 Å². The highest BCUT2D eigenvalue weighted by Gasteiger charge is 2.24. The van der Waals surface area contributed by atoms with E-state index in [-0.39, 0.29) is 42.5 Å². The first-order valence-electron chi connectivity index (χ1n) is 10.2. The molecule has 33 heavy (non-hydrogen) atoms. The normalized spacial score (nSPS) is 12.7. The average molecular weight is 471 g/mol. The lowest BCUT2D eigenvalue weighted by molar-refractivity contribution is 0.150. The van der Waals surface area contributed by atoms with E-state index < -0.39 is 10.0 Å². The number of hydrogen-bond donors (Lipinski definition) is 1. The first-order valence-corrected chi connectivity index (χ1v) is 11.6. The molecular weight excluding hydrogens is 444 g/mol. The van der Waals surface area contributed by atoms with Crippen molar-refractivity contribution < 1.29 is 23.0 Å². The lowest BCUT2D eigenvalue weighted by Gasteiger charge is -2.21. The molecule has 3 aromatic rings. The van der Waals surface area contributed by atoms with Crippen LogP contribution < -0.4 is 0 Å². The van der Waals surface area contributed by atoms with E-state index in [4.69, 9.17) is 9.47 Å². The van der Waals surface area contributed by atoms with E-state index in [1.165, 1.54) is 42.8 Å². The molecule has 2 aromatic carbocycles. The van der Waals surface area contributed by atoms with E-state index in [0.717, 1.165) is 5.52 Å². The Kier molecular flexibility index (Phi) is 7.84. The number of allylic oxidation sites excluding steroid dienone is 1. The van der Waals surface area contributed by atoms with E-state index in [1.54, 1.807) is 11.6 Å². The summed E-state index contributed by atoms with van der Waals surface area (Å²) in [6.07, 6.45) is 0. The Hall–Kier alpha value is -3.23. The molecule has 1 N–H and O–H groups in total. The Labute approximate surface area is 193 Å². The molecular formula is C23H26N4O5S. The summed E-state index contributed by atoms with van der Waals surface area (Å²) in [6, 6.07) is 15.2. The highest BCUT2D eigenvalue weighted by Crippen LogP contribution is 2.27. The van der Waals surface area contributed by atoms with Crippen LogP contribution in [0.15, 0.2) is 53.4 Å². The monoisotopic (exact) mass is 470 g/mol. The number of aliphatic hydroxyl groups excluding tert-OH is 1. The van der Waals surface area contributed by atoms with Gasteiger partial charge in [0.1, 0.15) is 17.4 Å². The zero-order valence-electron chi connectivity index (χ0n) is 18.7. The molecule has 3 rings (SSSR count). The number of ether oxygens (including phenoxy) is 2.